The molecule has 6 heterocycles. The molecule has 4 aromatic heterocycles. The third-order valence-corrected chi connectivity index (χ3v) is 16.4. The third kappa shape index (κ3) is 14.7. The van der Waals surface area contributed by atoms with Gasteiger partial charge < -0.3 is 52.8 Å². The molecular formula is C42H56N18O12P2S2. The van der Waals surface area contributed by atoms with Crippen molar-refractivity contribution < 1.29 is 56.2 Å². The van der Waals surface area contributed by atoms with Crippen molar-refractivity contribution in [2.75, 3.05) is 43.1 Å². The Balaban J connectivity index is 1.10. The van der Waals surface area contributed by atoms with Gasteiger partial charge in [-0.25, -0.2) is 43.8 Å². The molecule has 7 rings (SSSR count). The number of carbonyl (C=O) groups is 4. The first-order chi connectivity index (χ1) is 36.3. The number of carbonyl (C=O) groups excluding carboxylic acids is 4. The van der Waals surface area contributed by atoms with Crippen LogP contribution in [-0.4, -0.2) is 124 Å². The molecule has 2 fully saturated rings. The number of imidazole rings is 2. The van der Waals surface area contributed by atoms with Gasteiger partial charge in [0.2, 0.25) is 17.7 Å². The number of rotatable bonds is 26. The number of thiol groups is 1. The number of urea groups is 1. The average Bonchev–Trinajstić information content (AvgIpc) is 4.20. The van der Waals surface area contributed by atoms with Gasteiger partial charge in [0.1, 0.15) is 67.0 Å². The Bertz CT molecular complexity index is 3050. The number of hydrogen-bond acceptors (Lipinski definition) is 21. The smallest absolute Gasteiger partial charge is 0.382 e. The first-order valence-electron chi connectivity index (χ1n) is 23.4. The monoisotopic (exact) mass is 1130 g/mol. The van der Waals surface area contributed by atoms with Crippen LogP contribution in [0.15, 0.2) is 67.3 Å². The van der Waals surface area contributed by atoms with Crippen LogP contribution >= 0.6 is 37.2 Å². The van der Waals surface area contributed by atoms with Crippen molar-refractivity contribution in [3.8, 4) is 0 Å². The summed E-state index contributed by atoms with van der Waals surface area (Å²) in [5, 5.41) is 13.6. The van der Waals surface area contributed by atoms with Gasteiger partial charge in [0.05, 0.1) is 37.9 Å². The summed E-state index contributed by atoms with van der Waals surface area (Å²) in [4.78, 5) is 88.9. The van der Waals surface area contributed by atoms with Crippen LogP contribution in [0.25, 0.3) is 32.8 Å². The molecule has 76 heavy (non-hydrogen) atoms. The lowest BCUT2D eigenvalue weighted by atomic mass is 10.00. The molecule has 0 saturated carbocycles. The molecule has 1 aromatic carbocycles. The van der Waals surface area contributed by atoms with E-state index in [1.54, 1.807) is 53.6 Å². The normalized spacial score (nSPS) is 21.8. The summed E-state index contributed by atoms with van der Waals surface area (Å²) in [5.41, 5.74) is 28.3. The van der Waals surface area contributed by atoms with Gasteiger partial charge in [0.25, 0.3) is 0 Å². The number of nitrogen functional groups attached to an aromatic ring is 2. The van der Waals surface area contributed by atoms with Crippen LogP contribution in [0.3, 0.4) is 0 Å². The maximum absolute atomic E-state index is 15.3. The molecule has 2 aliphatic heterocycles. The van der Waals surface area contributed by atoms with Gasteiger partial charge in [-0.05, 0) is 66.2 Å². The lowest BCUT2D eigenvalue weighted by Gasteiger charge is -2.27. The molecule has 0 aliphatic carbocycles. The first-order valence-corrected chi connectivity index (χ1v) is 29.2. The summed E-state index contributed by atoms with van der Waals surface area (Å²) >= 11 is 4.50. The fraction of sp³-hybridized carbons (Fsp3) is 0.476. The number of fused-ring (bicyclic) bond motifs is 2. The van der Waals surface area contributed by atoms with Gasteiger partial charge in [-0.2, -0.15) is 0 Å². The Labute approximate surface area is 442 Å². The largest absolute Gasteiger partial charge is 0.389 e. The number of nitrogens with zero attached hydrogens (tertiary/aromatic N) is 11. The SMILES string of the molecule is C=C[C@@H]1[C@H](OP(=O)(OC[C@@H]2CC[C@H](n3cnc4c(N)ncnc43)O2)SCc2ccc(NC(=O)C(CCCNC(N)=O)NC(=O)[C@@H](NC(=O)CN=[N+]=[N-])C(C)C)cc2)[C@@H](COP(=O)(O)S)O[C@H]1n1cnc2c(N)ncnc21. The van der Waals surface area contributed by atoms with Crippen molar-refractivity contribution in [3.05, 3.63) is 78.2 Å². The summed E-state index contributed by atoms with van der Waals surface area (Å²) in [6.07, 6.45) is 3.80. The summed E-state index contributed by atoms with van der Waals surface area (Å²) in [5.74, 6) is -2.96. The Morgan fingerprint density at radius 2 is 1.64 bits per heavy atom. The van der Waals surface area contributed by atoms with Gasteiger partial charge in [0, 0.05) is 22.9 Å². The highest BCUT2D eigenvalue weighted by atomic mass is 32.7. The van der Waals surface area contributed by atoms with Crippen LogP contribution in [0.5, 0.6) is 0 Å². The van der Waals surface area contributed by atoms with E-state index in [-0.39, 0.29) is 54.5 Å². The Morgan fingerprint density at radius 3 is 2.28 bits per heavy atom. The molecule has 3 unspecified atom stereocenters. The molecule has 0 bridgehead atoms. The molecule has 30 nitrogen and oxygen atoms in total. The number of primary amides is 1. The highest BCUT2D eigenvalue weighted by Gasteiger charge is 2.50. The van der Waals surface area contributed by atoms with Crippen LogP contribution in [0.4, 0.5) is 22.1 Å². The zero-order valence-corrected chi connectivity index (χ0v) is 44.3. The molecule has 10 atom stereocenters. The highest BCUT2D eigenvalue weighted by Crippen LogP contribution is 2.65. The van der Waals surface area contributed by atoms with E-state index < -0.39 is 105 Å². The van der Waals surface area contributed by atoms with E-state index in [9.17, 15) is 28.6 Å². The minimum absolute atomic E-state index is 0.0110. The standard InChI is InChI=1S/C42H56N18O12P2S2/c1-4-26-34(28(16-68-73(65,66)75)71-41(26)60-21-53-33-36(44)49-19-51-38(33)60)72-74(67,69-15-25-11-12-30(70-25)59-20-52-32-35(43)48-18-50-37(32)59)76-17-23-7-9-24(10-8-23)55-39(62)27(6-5-13-47-42(45)64)56-40(63)31(22(2)3)57-29(61)14-54-58-46/h4,7-10,18-22,25-28,30-31,34,41H,1,5-6,11-17H2,2-3H3,(H,55,62)(H,56,63)(H,57,61)(H2,43,48,50)(H2,44,49,51)(H3,45,47,64)(H2,65,66,75)/t25-,26+,27?,28+,30+,31-,34-,41+,74?/m0/s1. The average molecular weight is 1130 g/mol. The summed E-state index contributed by atoms with van der Waals surface area (Å²) in [7, 11) is 0. The fourth-order valence-corrected chi connectivity index (χ4v) is 12.2. The van der Waals surface area contributed by atoms with Crippen molar-refractivity contribution in [1.29, 1.82) is 0 Å². The van der Waals surface area contributed by atoms with Crippen molar-refractivity contribution in [2.45, 2.75) is 88.1 Å². The Hall–Kier alpha value is -6.43. The van der Waals surface area contributed by atoms with E-state index in [0.717, 1.165) is 11.4 Å². The van der Waals surface area contributed by atoms with E-state index in [2.05, 4.69) is 80.0 Å². The molecule has 5 aromatic rings. The zero-order chi connectivity index (χ0) is 54.7. The van der Waals surface area contributed by atoms with Gasteiger partial charge in [-0.3, -0.25) is 37.1 Å². The lowest BCUT2D eigenvalue weighted by molar-refractivity contribution is -0.131. The molecule has 34 heteroatoms. The summed E-state index contributed by atoms with van der Waals surface area (Å²) < 4.78 is 61.7. The van der Waals surface area contributed by atoms with Crippen LogP contribution in [0, 0.1) is 11.8 Å². The predicted octanol–water partition coefficient (Wildman–Crippen LogP) is 4.02. The number of nitrogens with one attached hydrogen (secondary N) is 4. The molecule has 0 spiro atoms. The van der Waals surface area contributed by atoms with Crippen LogP contribution < -0.4 is 38.5 Å². The number of azide groups is 1. The van der Waals surface area contributed by atoms with Gasteiger partial charge in [-0.15, -0.1) is 6.58 Å². The topological polar surface area (TPSA) is 431 Å². The molecule has 0 radical (unpaired) electrons. The van der Waals surface area contributed by atoms with Gasteiger partial charge in [0.15, 0.2) is 22.9 Å². The Morgan fingerprint density at radius 1 is 0.974 bits per heavy atom. The van der Waals surface area contributed by atoms with Crippen LogP contribution in [0.1, 0.15) is 57.6 Å². The summed E-state index contributed by atoms with van der Waals surface area (Å²) in [6.45, 7) is -2.56. The molecule has 2 saturated heterocycles. The second-order valence-corrected chi connectivity index (χ2v) is 24.3. The summed E-state index contributed by atoms with van der Waals surface area (Å²) in [6, 6.07) is 3.46. The second-order valence-electron chi connectivity index (χ2n) is 17.6. The van der Waals surface area contributed by atoms with Crippen molar-refractivity contribution >= 4 is 101 Å². The van der Waals surface area contributed by atoms with Gasteiger partial charge >= 0.3 is 19.6 Å². The van der Waals surface area contributed by atoms with E-state index >= 15 is 4.57 Å². The van der Waals surface area contributed by atoms with E-state index in [4.69, 9.17) is 45.8 Å². The number of hydrogen-bond donors (Lipinski definition) is 9. The Kier molecular flexibility index (Phi) is 19.3. The number of ether oxygens (including phenoxy) is 2. The number of amides is 5. The minimum atomic E-state index is -4.38. The second kappa shape index (κ2) is 25.6. The predicted molar refractivity (Wildman–Crippen MR) is 279 cm³/mol. The lowest BCUT2D eigenvalue weighted by Crippen LogP contribution is -2.55. The number of benzene rings is 1. The van der Waals surface area contributed by atoms with E-state index in [1.165, 1.54) is 25.1 Å². The molecule has 2 aliphatic rings. The zero-order valence-electron chi connectivity index (χ0n) is 40.8. The molecule has 408 valence electrons. The number of anilines is 3. The molecule has 11 N–H and O–H groups in total. The van der Waals surface area contributed by atoms with Gasteiger partial charge in [-0.1, -0.05) is 49.4 Å². The number of aromatic nitrogens is 8. The third-order valence-electron chi connectivity index (χ3n) is 11.9. The van der Waals surface area contributed by atoms with E-state index in [0.29, 0.717) is 35.3 Å². The maximum Gasteiger partial charge on any atom is 0.389 e. The minimum Gasteiger partial charge on any atom is -0.382 e. The highest BCUT2D eigenvalue weighted by molar-refractivity contribution is 8.54. The quantitative estimate of drug-likeness (QED) is 0.00718. The number of nitrogens with two attached hydrogens (primary N) is 3. The van der Waals surface area contributed by atoms with Crippen molar-refractivity contribution in [2.24, 2.45) is 22.7 Å². The van der Waals surface area contributed by atoms with Crippen molar-refractivity contribution in [1.82, 2.24) is 55.0 Å². The fourth-order valence-electron chi connectivity index (χ4n) is 8.24. The van der Waals surface area contributed by atoms with Crippen LogP contribution in [0.2, 0.25) is 0 Å². The van der Waals surface area contributed by atoms with Crippen LogP contribution in [-0.2, 0) is 52.3 Å². The first kappa shape index (κ1) is 57.3. The van der Waals surface area contributed by atoms with Crippen molar-refractivity contribution in [3.63, 3.8) is 0 Å². The molecular weight excluding hydrogens is 1070 g/mol. The van der Waals surface area contributed by atoms with E-state index in [1.807, 2.05) is 0 Å². The maximum atomic E-state index is 15.3. The molecule has 5 amide bonds.